The summed E-state index contributed by atoms with van der Waals surface area (Å²) in [6.45, 7) is 5.59. The lowest BCUT2D eigenvalue weighted by Gasteiger charge is -2.24. The first-order valence-electron chi connectivity index (χ1n) is 11.7. The van der Waals surface area contributed by atoms with Gasteiger partial charge in [-0.15, -0.1) is 11.8 Å². The van der Waals surface area contributed by atoms with Gasteiger partial charge in [-0.1, -0.05) is 0 Å². The van der Waals surface area contributed by atoms with Gasteiger partial charge in [0.05, 0.1) is 29.4 Å². The Kier molecular flexibility index (Phi) is 9.60. The fraction of sp³-hybridized carbons (Fsp3) is 0.259. The molecule has 0 heterocycles. The molecule has 0 saturated heterocycles. The second-order valence-electron chi connectivity index (χ2n) is 7.91. The largest absolute Gasteiger partial charge is 0.494 e. The van der Waals surface area contributed by atoms with Crippen LogP contribution >= 0.6 is 11.8 Å². The molecular weight excluding hydrogens is 512 g/mol. The summed E-state index contributed by atoms with van der Waals surface area (Å²) in [7, 11) is -4.06. The average molecular weight is 543 g/mol. The SMILES string of the molecule is CCOC(=O)c1ccc(NC(=O)CN(c2ccc(OCC)cc2)S(=O)(=O)c2ccc(SC)cc2)c(C)c1. The number of nitrogens with one attached hydrogen (secondary N) is 1. The zero-order valence-electron chi connectivity index (χ0n) is 21.2. The molecular formula is C27H30N2O6S2. The number of hydrogen-bond donors (Lipinski definition) is 1. The minimum absolute atomic E-state index is 0.0713. The number of hydrogen-bond acceptors (Lipinski definition) is 7. The van der Waals surface area contributed by atoms with Crippen LogP contribution in [0.25, 0.3) is 0 Å². The van der Waals surface area contributed by atoms with E-state index in [2.05, 4.69) is 5.32 Å². The van der Waals surface area contributed by atoms with Gasteiger partial charge in [-0.25, -0.2) is 13.2 Å². The van der Waals surface area contributed by atoms with E-state index in [1.807, 2.05) is 13.2 Å². The highest BCUT2D eigenvalue weighted by Gasteiger charge is 2.27. The number of ether oxygens (including phenoxy) is 2. The molecule has 8 nitrogen and oxygen atoms in total. The van der Waals surface area contributed by atoms with E-state index in [4.69, 9.17) is 9.47 Å². The molecule has 0 bridgehead atoms. The van der Waals surface area contributed by atoms with Crippen molar-refractivity contribution in [2.75, 3.05) is 35.6 Å². The number of benzene rings is 3. The molecule has 0 atom stereocenters. The number of carbonyl (C=O) groups excluding carboxylic acids is 2. The Balaban J connectivity index is 1.90. The fourth-order valence-corrected chi connectivity index (χ4v) is 5.36. The van der Waals surface area contributed by atoms with E-state index >= 15 is 0 Å². The highest BCUT2D eigenvalue weighted by atomic mass is 32.2. The molecule has 0 aliphatic heterocycles. The van der Waals surface area contributed by atoms with E-state index in [-0.39, 0.29) is 11.5 Å². The molecule has 3 aromatic carbocycles. The Morgan fingerprint density at radius 1 is 0.946 bits per heavy atom. The van der Waals surface area contributed by atoms with Gasteiger partial charge in [-0.3, -0.25) is 9.10 Å². The predicted octanol–water partition coefficient (Wildman–Crippen LogP) is 5.13. The van der Waals surface area contributed by atoms with Crippen molar-refractivity contribution < 1.29 is 27.5 Å². The second-order valence-corrected chi connectivity index (χ2v) is 10.7. The molecule has 0 fully saturated rings. The zero-order chi connectivity index (χ0) is 27.0. The highest BCUT2D eigenvalue weighted by molar-refractivity contribution is 7.98. The first-order chi connectivity index (χ1) is 17.7. The van der Waals surface area contributed by atoms with Crippen molar-refractivity contribution in [3.05, 3.63) is 77.9 Å². The van der Waals surface area contributed by atoms with Crippen molar-refractivity contribution in [3.8, 4) is 5.75 Å². The Morgan fingerprint density at radius 2 is 1.62 bits per heavy atom. The lowest BCUT2D eigenvalue weighted by atomic mass is 10.1. The molecule has 0 saturated carbocycles. The number of sulfonamides is 1. The van der Waals surface area contributed by atoms with E-state index in [9.17, 15) is 18.0 Å². The summed E-state index contributed by atoms with van der Waals surface area (Å²) in [5.74, 6) is -0.399. The smallest absolute Gasteiger partial charge is 0.338 e. The van der Waals surface area contributed by atoms with Crippen LogP contribution in [0.3, 0.4) is 0 Å². The minimum Gasteiger partial charge on any atom is -0.494 e. The van der Waals surface area contributed by atoms with Crippen LogP contribution in [0.15, 0.2) is 76.5 Å². The summed E-state index contributed by atoms with van der Waals surface area (Å²) in [5.41, 5.74) is 1.79. The number of anilines is 2. The minimum atomic E-state index is -4.06. The fourth-order valence-electron chi connectivity index (χ4n) is 3.53. The van der Waals surface area contributed by atoms with Crippen molar-refractivity contribution in [1.82, 2.24) is 0 Å². The third-order valence-corrected chi connectivity index (χ3v) is 7.91. The summed E-state index contributed by atoms with van der Waals surface area (Å²) in [6, 6.07) is 17.8. The molecule has 37 heavy (non-hydrogen) atoms. The number of esters is 1. The number of thioether (sulfide) groups is 1. The van der Waals surface area contributed by atoms with E-state index in [0.717, 1.165) is 9.20 Å². The van der Waals surface area contributed by atoms with Gasteiger partial charge in [0.25, 0.3) is 10.0 Å². The summed E-state index contributed by atoms with van der Waals surface area (Å²) in [4.78, 5) is 26.1. The van der Waals surface area contributed by atoms with Gasteiger partial charge in [0, 0.05) is 10.6 Å². The maximum atomic E-state index is 13.6. The molecule has 0 aliphatic carbocycles. The summed E-state index contributed by atoms with van der Waals surface area (Å²) in [5, 5.41) is 2.76. The number of nitrogens with zero attached hydrogens (tertiary/aromatic N) is 1. The van der Waals surface area contributed by atoms with Crippen molar-refractivity contribution in [2.45, 2.75) is 30.6 Å². The Hall–Kier alpha value is -3.50. The molecule has 3 rings (SSSR count). The lowest BCUT2D eigenvalue weighted by molar-refractivity contribution is -0.114. The van der Waals surface area contributed by atoms with Crippen LogP contribution in [0.2, 0.25) is 0 Å². The molecule has 10 heteroatoms. The summed E-state index contributed by atoms with van der Waals surface area (Å²) >= 11 is 1.50. The average Bonchev–Trinajstić information content (AvgIpc) is 2.89. The quantitative estimate of drug-likeness (QED) is 0.265. The number of aryl methyl sites for hydroxylation is 1. The maximum absolute atomic E-state index is 13.6. The maximum Gasteiger partial charge on any atom is 0.338 e. The van der Waals surface area contributed by atoms with Crippen LogP contribution in [-0.2, 0) is 19.6 Å². The summed E-state index contributed by atoms with van der Waals surface area (Å²) < 4.78 is 38.8. The first kappa shape index (κ1) is 28.1. The van der Waals surface area contributed by atoms with E-state index in [0.29, 0.717) is 34.9 Å². The predicted molar refractivity (Wildman–Crippen MR) is 146 cm³/mol. The van der Waals surface area contributed by atoms with Crippen LogP contribution < -0.4 is 14.4 Å². The van der Waals surface area contributed by atoms with Gasteiger partial charge in [0.15, 0.2) is 0 Å². The number of rotatable bonds is 11. The molecule has 3 aromatic rings. The molecule has 1 amide bonds. The van der Waals surface area contributed by atoms with Gasteiger partial charge in [-0.2, -0.15) is 0 Å². The van der Waals surface area contributed by atoms with Crippen LogP contribution in [-0.4, -0.2) is 46.3 Å². The Bertz CT molecular complexity index is 1340. The number of carbonyl (C=O) groups is 2. The van der Waals surface area contributed by atoms with E-state index < -0.39 is 28.4 Å². The van der Waals surface area contributed by atoms with Crippen molar-refractivity contribution in [2.24, 2.45) is 0 Å². The van der Waals surface area contributed by atoms with Gasteiger partial charge >= 0.3 is 5.97 Å². The standard InChI is InChI=1S/C27H30N2O6S2/c1-5-34-22-10-8-21(9-11-22)29(37(32,33)24-14-12-23(36-4)13-15-24)18-26(30)28-25-16-7-20(17-19(25)3)27(31)35-6-2/h7-17H,5-6,18H2,1-4H3,(H,28,30). The van der Waals surface area contributed by atoms with Crippen LogP contribution in [0.4, 0.5) is 11.4 Å². The first-order valence-corrected chi connectivity index (χ1v) is 14.3. The zero-order valence-corrected chi connectivity index (χ0v) is 22.8. The van der Waals surface area contributed by atoms with Crippen LogP contribution in [0.5, 0.6) is 5.75 Å². The molecule has 0 radical (unpaired) electrons. The van der Waals surface area contributed by atoms with Crippen molar-refractivity contribution in [3.63, 3.8) is 0 Å². The van der Waals surface area contributed by atoms with Gasteiger partial charge < -0.3 is 14.8 Å². The van der Waals surface area contributed by atoms with Crippen LogP contribution in [0.1, 0.15) is 29.8 Å². The summed E-state index contributed by atoms with van der Waals surface area (Å²) in [6.07, 6.45) is 1.90. The Labute approximate surface area is 222 Å². The highest BCUT2D eigenvalue weighted by Crippen LogP contribution is 2.27. The molecule has 0 unspecified atom stereocenters. The van der Waals surface area contributed by atoms with Gasteiger partial charge in [0.2, 0.25) is 5.91 Å². The van der Waals surface area contributed by atoms with Gasteiger partial charge in [0.1, 0.15) is 12.3 Å². The van der Waals surface area contributed by atoms with E-state index in [1.54, 1.807) is 68.4 Å². The third-order valence-electron chi connectivity index (χ3n) is 5.38. The lowest BCUT2D eigenvalue weighted by Crippen LogP contribution is -2.38. The number of amides is 1. The third kappa shape index (κ3) is 7.05. The Morgan fingerprint density at radius 3 is 2.19 bits per heavy atom. The monoisotopic (exact) mass is 542 g/mol. The van der Waals surface area contributed by atoms with Crippen LogP contribution in [0, 0.1) is 6.92 Å². The van der Waals surface area contributed by atoms with Gasteiger partial charge in [-0.05, 0) is 99.3 Å². The molecule has 1 N–H and O–H groups in total. The molecule has 0 spiro atoms. The topological polar surface area (TPSA) is 102 Å². The molecule has 0 aliphatic rings. The normalized spacial score (nSPS) is 11.0. The van der Waals surface area contributed by atoms with Crippen molar-refractivity contribution in [1.29, 1.82) is 0 Å². The molecule has 196 valence electrons. The van der Waals surface area contributed by atoms with E-state index in [1.165, 1.54) is 23.9 Å². The van der Waals surface area contributed by atoms with Crippen molar-refractivity contribution >= 4 is 45.0 Å². The molecule has 0 aromatic heterocycles. The second kappa shape index (κ2) is 12.6.